The van der Waals surface area contributed by atoms with E-state index in [9.17, 15) is 14.6 Å². The van der Waals surface area contributed by atoms with Crippen LogP contribution >= 0.6 is 7.37 Å². The molecule has 1 saturated carbocycles. The Kier molecular flexibility index (Phi) is 5.27. The Bertz CT molecular complexity index is 229. The third kappa shape index (κ3) is 5.12. The summed E-state index contributed by atoms with van der Waals surface area (Å²) in [5.74, 6) is 0.375. The van der Waals surface area contributed by atoms with E-state index in [0.717, 1.165) is 12.8 Å². The smallest absolute Gasteiger partial charge is 0.203 e. The van der Waals surface area contributed by atoms with Crippen molar-refractivity contribution in [3.05, 3.63) is 0 Å². The Morgan fingerprint density at radius 2 is 1.93 bits per heavy atom. The lowest BCUT2D eigenvalue weighted by atomic mass is 9.91. The van der Waals surface area contributed by atoms with Gasteiger partial charge in [-0.2, -0.15) is 0 Å². The highest BCUT2D eigenvalue weighted by atomic mass is 31.2. The van der Waals surface area contributed by atoms with Gasteiger partial charge >= 0.3 is 0 Å². The van der Waals surface area contributed by atoms with Gasteiger partial charge in [0.2, 0.25) is 7.37 Å². The molecule has 0 heterocycles. The van der Waals surface area contributed by atoms with Gasteiger partial charge in [-0.25, -0.2) is 0 Å². The van der Waals surface area contributed by atoms with Gasteiger partial charge < -0.3 is 15.7 Å². The van der Waals surface area contributed by atoms with E-state index in [0.29, 0.717) is 12.1 Å². The Morgan fingerprint density at radius 1 is 1.33 bits per heavy atom. The van der Waals surface area contributed by atoms with Gasteiger partial charge in [-0.05, 0) is 18.8 Å². The van der Waals surface area contributed by atoms with E-state index in [4.69, 9.17) is 5.73 Å². The van der Waals surface area contributed by atoms with Crippen molar-refractivity contribution in [2.75, 3.05) is 18.9 Å². The van der Waals surface area contributed by atoms with Crippen molar-refractivity contribution < 1.29 is 14.6 Å². The van der Waals surface area contributed by atoms with Crippen LogP contribution in [0.2, 0.25) is 0 Å². The highest BCUT2D eigenvalue weighted by Gasteiger charge is 2.27. The van der Waals surface area contributed by atoms with E-state index >= 15 is 0 Å². The monoisotopic (exact) mass is 235 g/mol. The largest absolute Gasteiger partial charge is 0.391 e. The number of nitrogens with two attached hydrogens (primary N) is 1. The molecule has 0 spiro atoms. The normalized spacial score (nSPS) is 24.7. The van der Waals surface area contributed by atoms with E-state index in [2.05, 4.69) is 0 Å². The Balaban J connectivity index is 2.36. The van der Waals surface area contributed by atoms with E-state index in [-0.39, 0.29) is 12.7 Å². The zero-order valence-electron chi connectivity index (χ0n) is 9.14. The van der Waals surface area contributed by atoms with E-state index in [1.807, 2.05) is 0 Å². The first-order chi connectivity index (χ1) is 7.03. The molecule has 0 aliphatic heterocycles. The van der Waals surface area contributed by atoms with E-state index in [1.165, 1.54) is 19.3 Å². The van der Waals surface area contributed by atoms with Gasteiger partial charge in [-0.3, -0.25) is 4.57 Å². The maximum atomic E-state index is 11.8. The molecule has 0 aromatic carbocycles. The predicted octanol–water partition coefficient (Wildman–Crippen LogP) is 1.16. The van der Waals surface area contributed by atoms with Crippen molar-refractivity contribution in [3.8, 4) is 0 Å². The second-order valence-corrected chi connectivity index (χ2v) is 7.03. The fourth-order valence-corrected chi connectivity index (χ4v) is 4.38. The van der Waals surface area contributed by atoms with E-state index < -0.39 is 13.5 Å². The molecule has 90 valence electrons. The molecule has 5 heteroatoms. The highest BCUT2D eigenvalue weighted by molar-refractivity contribution is 7.58. The van der Waals surface area contributed by atoms with Crippen molar-refractivity contribution in [3.63, 3.8) is 0 Å². The number of hydrogen-bond acceptors (Lipinski definition) is 3. The second kappa shape index (κ2) is 6.00. The molecule has 0 saturated heterocycles. The number of hydrogen-bond donors (Lipinski definition) is 3. The lowest BCUT2D eigenvalue weighted by Gasteiger charge is -2.24. The van der Waals surface area contributed by atoms with Gasteiger partial charge in [0.25, 0.3) is 0 Å². The summed E-state index contributed by atoms with van der Waals surface area (Å²) in [6, 6.07) is 0. The van der Waals surface area contributed by atoms with Crippen molar-refractivity contribution in [1.29, 1.82) is 0 Å². The van der Waals surface area contributed by atoms with Gasteiger partial charge in [0, 0.05) is 12.7 Å². The summed E-state index contributed by atoms with van der Waals surface area (Å²) in [4.78, 5) is 9.71. The Labute approximate surface area is 91.3 Å². The first kappa shape index (κ1) is 13.2. The molecule has 0 aromatic rings. The lowest BCUT2D eigenvalue weighted by molar-refractivity contribution is 0.202. The van der Waals surface area contributed by atoms with Crippen LogP contribution in [-0.4, -0.2) is 35.0 Å². The summed E-state index contributed by atoms with van der Waals surface area (Å²) < 4.78 is 11.8. The van der Waals surface area contributed by atoms with Crippen molar-refractivity contribution >= 4 is 7.37 Å². The summed E-state index contributed by atoms with van der Waals surface area (Å²) in [5, 5.41) is 9.27. The second-order valence-electron chi connectivity index (χ2n) is 4.61. The van der Waals surface area contributed by atoms with Gasteiger partial charge in [0.05, 0.1) is 12.3 Å². The molecule has 15 heavy (non-hydrogen) atoms. The topological polar surface area (TPSA) is 83.5 Å². The Morgan fingerprint density at radius 3 is 2.47 bits per heavy atom. The van der Waals surface area contributed by atoms with Crippen LogP contribution in [0.25, 0.3) is 0 Å². The zero-order valence-corrected chi connectivity index (χ0v) is 10.0. The summed E-state index contributed by atoms with van der Waals surface area (Å²) in [5.41, 5.74) is 5.23. The number of aliphatic hydroxyl groups is 1. The number of rotatable bonds is 5. The van der Waals surface area contributed by atoms with Crippen molar-refractivity contribution in [2.24, 2.45) is 11.7 Å². The standard InChI is InChI=1S/C10H22NO3P/c11-6-10(12)8-15(13,14)7-9-4-2-1-3-5-9/h9-10,12H,1-8,11H2,(H,13,14)/t10-/m0/s1. The van der Waals surface area contributed by atoms with Crippen LogP contribution in [0.15, 0.2) is 0 Å². The van der Waals surface area contributed by atoms with Crippen LogP contribution in [0.5, 0.6) is 0 Å². The van der Waals surface area contributed by atoms with E-state index in [1.54, 1.807) is 0 Å². The van der Waals surface area contributed by atoms with Crippen LogP contribution in [0.1, 0.15) is 32.1 Å². The first-order valence-corrected chi connectivity index (χ1v) is 7.75. The first-order valence-electron chi connectivity index (χ1n) is 5.72. The molecule has 2 atom stereocenters. The molecule has 1 rings (SSSR count). The van der Waals surface area contributed by atoms with Crippen LogP contribution in [0.4, 0.5) is 0 Å². The molecule has 0 radical (unpaired) electrons. The minimum Gasteiger partial charge on any atom is -0.391 e. The van der Waals surface area contributed by atoms with Crippen LogP contribution < -0.4 is 5.73 Å². The van der Waals surface area contributed by atoms with Crippen LogP contribution in [0.3, 0.4) is 0 Å². The van der Waals surface area contributed by atoms with Gasteiger partial charge in [-0.15, -0.1) is 0 Å². The minimum atomic E-state index is -3.16. The zero-order chi connectivity index (χ0) is 11.3. The third-order valence-electron chi connectivity index (χ3n) is 3.04. The molecule has 4 nitrogen and oxygen atoms in total. The predicted molar refractivity (Wildman–Crippen MR) is 61.2 cm³/mol. The molecular weight excluding hydrogens is 213 g/mol. The molecule has 1 unspecified atom stereocenters. The molecule has 0 aromatic heterocycles. The van der Waals surface area contributed by atoms with Crippen molar-refractivity contribution in [2.45, 2.75) is 38.2 Å². The number of aliphatic hydroxyl groups excluding tert-OH is 1. The minimum absolute atomic E-state index is 0.0417. The molecule has 1 aliphatic rings. The molecule has 0 bridgehead atoms. The average molecular weight is 235 g/mol. The van der Waals surface area contributed by atoms with Crippen molar-refractivity contribution in [1.82, 2.24) is 0 Å². The summed E-state index contributed by atoms with van der Waals surface area (Å²) in [7, 11) is -3.16. The quantitative estimate of drug-likeness (QED) is 0.624. The van der Waals surface area contributed by atoms with Crippen LogP contribution in [-0.2, 0) is 4.57 Å². The summed E-state index contributed by atoms with van der Waals surface area (Å²) >= 11 is 0. The third-order valence-corrected chi connectivity index (χ3v) is 5.12. The maximum absolute atomic E-state index is 11.8. The molecule has 1 aliphatic carbocycles. The van der Waals surface area contributed by atoms with Gasteiger partial charge in [0.15, 0.2) is 0 Å². The summed E-state index contributed by atoms with van der Waals surface area (Å²) in [6.07, 6.45) is 5.20. The fourth-order valence-electron chi connectivity index (χ4n) is 2.25. The van der Waals surface area contributed by atoms with Gasteiger partial charge in [0.1, 0.15) is 0 Å². The lowest BCUT2D eigenvalue weighted by Crippen LogP contribution is -2.25. The maximum Gasteiger partial charge on any atom is 0.203 e. The summed E-state index contributed by atoms with van der Waals surface area (Å²) in [6.45, 7) is 0.0647. The molecule has 1 fully saturated rings. The average Bonchev–Trinajstić information content (AvgIpc) is 2.17. The molecular formula is C10H22NO3P. The molecule has 4 N–H and O–H groups in total. The fraction of sp³-hybridized carbons (Fsp3) is 1.00. The highest BCUT2D eigenvalue weighted by Crippen LogP contribution is 2.45. The van der Waals surface area contributed by atoms with Crippen LogP contribution in [0, 0.1) is 5.92 Å². The SMILES string of the molecule is NC[C@H](O)CP(=O)(O)CC1CCCCC1. The van der Waals surface area contributed by atoms with Gasteiger partial charge in [-0.1, -0.05) is 19.3 Å². The Hall–Kier alpha value is 0.110. The molecule has 0 amide bonds.